The van der Waals surface area contributed by atoms with Crippen LogP contribution in [0.4, 0.5) is 0 Å². The van der Waals surface area contributed by atoms with Crippen molar-refractivity contribution in [3.05, 3.63) is 48.1 Å². The zero-order valence-corrected chi connectivity index (χ0v) is 14.0. The lowest BCUT2D eigenvalue weighted by molar-refractivity contribution is 0.196. The maximum absolute atomic E-state index is 4.83. The van der Waals surface area contributed by atoms with Gasteiger partial charge in [-0.15, -0.1) is 0 Å². The van der Waals surface area contributed by atoms with Gasteiger partial charge in [0.25, 0.3) is 0 Å². The first-order valence-electron chi connectivity index (χ1n) is 8.32. The lowest BCUT2D eigenvalue weighted by Crippen LogP contribution is -2.48. The van der Waals surface area contributed by atoms with Gasteiger partial charge < -0.3 is 15.2 Å². The molecule has 0 amide bonds. The minimum Gasteiger partial charge on any atom is -0.364 e. The Labute approximate surface area is 142 Å². The Bertz CT molecular complexity index is 620. The monoisotopic (exact) mass is 328 g/mol. The molecular weight excluding hydrogens is 304 g/mol. The van der Waals surface area contributed by atoms with Crippen molar-refractivity contribution in [2.24, 2.45) is 4.99 Å². The van der Waals surface area contributed by atoms with Crippen LogP contribution in [0.2, 0.25) is 0 Å². The third-order valence-electron chi connectivity index (χ3n) is 4.19. The molecule has 1 aliphatic heterocycles. The molecule has 24 heavy (non-hydrogen) atoms. The summed E-state index contributed by atoms with van der Waals surface area (Å²) in [5.41, 5.74) is 2.00. The predicted molar refractivity (Wildman–Crippen MR) is 92.4 cm³/mol. The SMILES string of the molecule is CN=C(NCc1ccon1)NC1CCN(Cc2ccccn2)CC1. The van der Waals surface area contributed by atoms with Crippen LogP contribution in [0.1, 0.15) is 24.2 Å². The van der Waals surface area contributed by atoms with E-state index >= 15 is 0 Å². The highest BCUT2D eigenvalue weighted by Gasteiger charge is 2.20. The van der Waals surface area contributed by atoms with Gasteiger partial charge in [-0.3, -0.25) is 14.9 Å². The summed E-state index contributed by atoms with van der Waals surface area (Å²) in [6, 6.07) is 8.36. The van der Waals surface area contributed by atoms with E-state index < -0.39 is 0 Å². The molecule has 1 saturated heterocycles. The Morgan fingerprint density at radius 1 is 1.29 bits per heavy atom. The average molecular weight is 328 g/mol. The van der Waals surface area contributed by atoms with E-state index in [1.165, 1.54) is 0 Å². The number of hydrogen-bond acceptors (Lipinski definition) is 5. The molecule has 2 aromatic rings. The number of likely N-dealkylation sites (tertiary alicyclic amines) is 1. The van der Waals surface area contributed by atoms with Crippen LogP contribution in [-0.4, -0.2) is 47.2 Å². The van der Waals surface area contributed by atoms with E-state index in [0.717, 1.165) is 49.8 Å². The zero-order valence-electron chi connectivity index (χ0n) is 14.0. The molecule has 1 aliphatic rings. The smallest absolute Gasteiger partial charge is 0.191 e. The Hall–Kier alpha value is -2.41. The molecule has 1 fully saturated rings. The van der Waals surface area contributed by atoms with E-state index in [0.29, 0.717) is 12.6 Å². The molecule has 0 saturated carbocycles. The number of aromatic nitrogens is 2. The highest BCUT2D eigenvalue weighted by atomic mass is 16.5. The lowest BCUT2D eigenvalue weighted by atomic mass is 10.0. The molecule has 2 aromatic heterocycles. The topological polar surface area (TPSA) is 78.6 Å². The van der Waals surface area contributed by atoms with Crippen LogP contribution in [0.5, 0.6) is 0 Å². The molecule has 3 rings (SSSR count). The molecule has 0 aliphatic carbocycles. The molecular formula is C17H24N6O. The number of guanidine groups is 1. The normalized spacial score (nSPS) is 17.0. The van der Waals surface area contributed by atoms with Crippen LogP contribution in [-0.2, 0) is 13.1 Å². The van der Waals surface area contributed by atoms with Gasteiger partial charge in [-0.2, -0.15) is 0 Å². The fraction of sp³-hybridized carbons (Fsp3) is 0.471. The summed E-state index contributed by atoms with van der Waals surface area (Å²) in [6.45, 7) is 3.66. The second kappa shape index (κ2) is 8.44. The molecule has 0 unspecified atom stereocenters. The molecule has 0 radical (unpaired) electrons. The minimum absolute atomic E-state index is 0.438. The molecule has 0 aromatic carbocycles. The number of pyridine rings is 1. The number of nitrogens with one attached hydrogen (secondary N) is 2. The Morgan fingerprint density at radius 3 is 2.83 bits per heavy atom. The second-order valence-corrected chi connectivity index (χ2v) is 5.93. The molecule has 0 spiro atoms. The van der Waals surface area contributed by atoms with Crippen LogP contribution in [0.25, 0.3) is 0 Å². The first-order chi connectivity index (χ1) is 11.8. The number of piperidine rings is 1. The van der Waals surface area contributed by atoms with Gasteiger partial charge in [-0.05, 0) is 25.0 Å². The Morgan fingerprint density at radius 2 is 2.17 bits per heavy atom. The average Bonchev–Trinajstić information content (AvgIpc) is 3.14. The summed E-state index contributed by atoms with van der Waals surface area (Å²) in [5.74, 6) is 0.807. The van der Waals surface area contributed by atoms with Gasteiger partial charge in [0.05, 0.1) is 12.2 Å². The van der Waals surface area contributed by atoms with Gasteiger partial charge in [0, 0.05) is 45.0 Å². The van der Waals surface area contributed by atoms with Crippen molar-refractivity contribution in [1.82, 2.24) is 25.7 Å². The molecule has 0 bridgehead atoms. The van der Waals surface area contributed by atoms with Crippen molar-refractivity contribution >= 4 is 5.96 Å². The van der Waals surface area contributed by atoms with Crippen LogP contribution >= 0.6 is 0 Å². The maximum Gasteiger partial charge on any atom is 0.191 e. The van der Waals surface area contributed by atoms with Gasteiger partial charge in [0.15, 0.2) is 5.96 Å². The quantitative estimate of drug-likeness (QED) is 0.638. The first kappa shape index (κ1) is 16.4. The predicted octanol–water partition coefficient (Wildman–Crippen LogP) is 1.40. The summed E-state index contributed by atoms with van der Waals surface area (Å²) in [4.78, 5) is 11.1. The molecule has 7 heteroatoms. The number of aliphatic imine (C=N–C) groups is 1. The number of nitrogens with zero attached hydrogens (tertiary/aromatic N) is 4. The van der Waals surface area contributed by atoms with Gasteiger partial charge in [0.1, 0.15) is 12.0 Å². The summed E-state index contributed by atoms with van der Waals surface area (Å²) >= 11 is 0. The highest BCUT2D eigenvalue weighted by molar-refractivity contribution is 5.79. The van der Waals surface area contributed by atoms with Crippen molar-refractivity contribution in [2.45, 2.75) is 32.0 Å². The van der Waals surface area contributed by atoms with Crippen molar-refractivity contribution in [2.75, 3.05) is 20.1 Å². The van der Waals surface area contributed by atoms with Gasteiger partial charge in [0.2, 0.25) is 0 Å². The fourth-order valence-electron chi connectivity index (χ4n) is 2.85. The summed E-state index contributed by atoms with van der Waals surface area (Å²) < 4.78 is 4.83. The van der Waals surface area contributed by atoms with Gasteiger partial charge in [-0.25, -0.2) is 0 Å². The number of rotatable bonds is 5. The molecule has 7 nitrogen and oxygen atoms in total. The summed E-state index contributed by atoms with van der Waals surface area (Å²) in [7, 11) is 1.79. The van der Waals surface area contributed by atoms with Crippen molar-refractivity contribution in [3.8, 4) is 0 Å². The van der Waals surface area contributed by atoms with Crippen LogP contribution in [0, 0.1) is 0 Å². The van der Waals surface area contributed by atoms with Gasteiger partial charge >= 0.3 is 0 Å². The van der Waals surface area contributed by atoms with Gasteiger partial charge in [-0.1, -0.05) is 11.2 Å². The fourth-order valence-corrected chi connectivity index (χ4v) is 2.85. The van der Waals surface area contributed by atoms with E-state index in [4.69, 9.17) is 4.52 Å². The molecule has 0 atom stereocenters. The first-order valence-corrected chi connectivity index (χ1v) is 8.32. The van der Waals surface area contributed by atoms with E-state index in [1.54, 1.807) is 13.3 Å². The van der Waals surface area contributed by atoms with Crippen molar-refractivity contribution in [3.63, 3.8) is 0 Å². The van der Waals surface area contributed by atoms with Crippen molar-refractivity contribution < 1.29 is 4.52 Å². The molecule has 128 valence electrons. The Balaban J connectivity index is 1.41. The third-order valence-corrected chi connectivity index (χ3v) is 4.19. The molecule has 3 heterocycles. The largest absolute Gasteiger partial charge is 0.364 e. The van der Waals surface area contributed by atoms with E-state index in [9.17, 15) is 0 Å². The Kier molecular flexibility index (Phi) is 5.79. The third kappa shape index (κ3) is 4.79. The van der Waals surface area contributed by atoms with E-state index in [1.807, 2.05) is 24.4 Å². The van der Waals surface area contributed by atoms with Crippen LogP contribution < -0.4 is 10.6 Å². The second-order valence-electron chi connectivity index (χ2n) is 5.93. The molecule has 2 N–H and O–H groups in total. The lowest BCUT2D eigenvalue weighted by Gasteiger charge is -2.32. The number of hydrogen-bond donors (Lipinski definition) is 2. The van der Waals surface area contributed by atoms with E-state index in [2.05, 4.69) is 36.7 Å². The summed E-state index contributed by atoms with van der Waals surface area (Å²) in [6.07, 6.45) is 5.62. The van der Waals surface area contributed by atoms with E-state index in [-0.39, 0.29) is 0 Å². The van der Waals surface area contributed by atoms with Crippen LogP contribution in [0.3, 0.4) is 0 Å². The highest BCUT2D eigenvalue weighted by Crippen LogP contribution is 2.12. The van der Waals surface area contributed by atoms with Crippen molar-refractivity contribution in [1.29, 1.82) is 0 Å². The standard InChI is InChI=1S/C17H24N6O/c1-18-17(20-12-15-7-11-24-22-15)21-14-5-9-23(10-6-14)13-16-4-2-3-8-19-16/h2-4,7-8,11,14H,5-6,9-10,12-13H2,1H3,(H2,18,20,21). The zero-order chi connectivity index (χ0) is 16.6. The van der Waals surface area contributed by atoms with Crippen LogP contribution in [0.15, 0.2) is 46.2 Å². The maximum atomic E-state index is 4.83. The minimum atomic E-state index is 0.438. The summed E-state index contributed by atoms with van der Waals surface area (Å²) in [5, 5.41) is 10.6.